The molecule has 0 fully saturated rings. The van der Waals surface area contributed by atoms with Crippen molar-refractivity contribution in [3.05, 3.63) is 186 Å². The summed E-state index contributed by atoms with van der Waals surface area (Å²) in [6.45, 7) is 0. The average Bonchev–Trinajstić information content (AvgIpc) is 3.57. The van der Waals surface area contributed by atoms with E-state index in [0.29, 0.717) is 0 Å². The number of hydrogen-bond donors (Lipinski definition) is 0. The number of aromatic nitrogens is 1. The van der Waals surface area contributed by atoms with Gasteiger partial charge in [-0.15, -0.1) is 0 Å². The standard InChI is InChI=1S/C41H27N/c1-2-13-29(14-3-1)41(36-19-9-6-18-35(36)40-32-15-5-4-12-28(32)22-27-37(40)41)30-23-25-31(26-24-30)42-38-20-10-7-16-33(38)34-17-8-11-21-39(34)42/h1-27H. The van der Waals surface area contributed by atoms with E-state index in [1.54, 1.807) is 0 Å². The predicted molar refractivity (Wildman–Crippen MR) is 176 cm³/mol. The first-order valence-electron chi connectivity index (χ1n) is 14.6. The molecule has 0 bridgehead atoms. The lowest BCUT2D eigenvalue weighted by Crippen LogP contribution is -2.28. The van der Waals surface area contributed by atoms with Gasteiger partial charge in [0.25, 0.3) is 0 Å². The van der Waals surface area contributed by atoms with E-state index < -0.39 is 5.41 Å². The summed E-state index contributed by atoms with van der Waals surface area (Å²) in [6.07, 6.45) is 0. The minimum Gasteiger partial charge on any atom is -0.309 e. The molecule has 1 aliphatic rings. The largest absolute Gasteiger partial charge is 0.309 e. The van der Waals surface area contributed by atoms with Gasteiger partial charge in [-0.3, -0.25) is 0 Å². The zero-order chi connectivity index (χ0) is 27.7. The highest BCUT2D eigenvalue weighted by atomic mass is 15.0. The molecular weight excluding hydrogens is 506 g/mol. The van der Waals surface area contributed by atoms with Crippen molar-refractivity contribution >= 4 is 32.6 Å². The van der Waals surface area contributed by atoms with E-state index in [-0.39, 0.29) is 0 Å². The van der Waals surface area contributed by atoms with Gasteiger partial charge in [-0.25, -0.2) is 0 Å². The topological polar surface area (TPSA) is 4.93 Å². The monoisotopic (exact) mass is 533 g/mol. The lowest BCUT2D eigenvalue weighted by Gasteiger charge is -2.34. The molecule has 7 aromatic carbocycles. The molecule has 0 aliphatic heterocycles. The van der Waals surface area contributed by atoms with Gasteiger partial charge in [0, 0.05) is 16.5 Å². The van der Waals surface area contributed by atoms with Crippen molar-refractivity contribution < 1.29 is 0 Å². The van der Waals surface area contributed by atoms with Crippen molar-refractivity contribution in [2.75, 3.05) is 0 Å². The second kappa shape index (κ2) is 8.80. The van der Waals surface area contributed by atoms with Gasteiger partial charge in [0.05, 0.1) is 16.4 Å². The van der Waals surface area contributed by atoms with Crippen LogP contribution in [0.2, 0.25) is 0 Å². The molecular formula is C41H27N. The van der Waals surface area contributed by atoms with Gasteiger partial charge in [0.15, 0.2) is 0 Å². The van der Waals surface area contributed by atoms with Crippen molar-refractivity contribution in [2.24, 2.45) is 0 Å². The highest BCUT2D eigenvalue weighted by molar-refractivity contribution is 6.09. The molecule has 0 saturated carbocycles. The molecule has 0 radical (unpaired) electrons. The van der Waals surface area contributed by atoms with Gasteiger partial charge < -0.3 is 4.57 Å². The van der Waals surface area contributed by atoms with Crippen LogP contribution in [0.25, 0.3) is 49.4 Å². The fourth-order valence-electron chi connectivity index (χ4n) is 7.59. The van der Waals surface area contributed by atoms with E-state index in [0.717, 1.165) is 0 Å². The average molecular weight is 534 g/mol. The molecule has 1 heterocycles. The SMILES string of the molecule is c1ccc(C2(c3ccc(-n4c5ccccc5c5ccccc54)cc3)c3ccccc3-c3c2ccc2ccccc32)cc1. The van der Waals surface area contributed by atoms with Crippen LogP contribution in [0.15, 0.2) is 164 Å². The first-order valence-corrected chi connectivity index (χ1v) is 14.6. The molecule has 1 heteroatoms. The zero-order valence-electron chi connectivity index (χ0n) is 23.0. The number of benzene rings is 7. The Morgan fingerprint density at radius 1 is 0.381 bits per heavy atom. The van der Waals surface area contributed by atoms with E-state index in [4.69, 9.17) is 0 Å². The van der Waals surface area contributed by atoms with Crippen LogP contribution in [-0.2, 0) is 5.41 Å². The van der Waals surface area contributed by atoms with Crippen LogP contribution in [0.1, 0.15) is 22.3 Å². The maximum Gasteiger partial charge on any atom is 0.0713 e. The zero-order valence-corrected chi connectivity index (χ0v) is 23.0. The third-order valence-electron chi connectivity index (χ3n) is 9.28. The normalized spacial score (nSPS) is 15.7. The van der Waals surface area contributed by atoms with Crippen molar-refractivity contribution in [3.8, 4) is 16.8 Å². The number of nitrogens with zero attached hydrogens (tertiary/aromatic N) is 1. The van der Waals surface area contributed by atoms with Crippen molar-refractivity contribution in [1.29, 1.82) is 0 Å². The van der Waals surface area contributed by atoms with Crippen LogP contribution in [-0.4, -0.2) is 4.57 Å². The van der Waals surface area contributed by atoms with Gasteiger partial charge >= 0.3 is 0 Å². The Morgan fingerprint density at radius 2 is 0.952 bits per heavy atom. The summed E-state index contributed by atoms with van der Waals surface area (Å²) in [7, 11) is 0. The molecule has 9 rings (SSSR count). The molecule has 1 atom stereocenters. The van der Waals surface area contributed by atoms with Crippen LogP contribution in [0.4, 0.5) is 0 Å². The van der Waals surface area contributed by atoms with Gasteiger partial charge in [-0.2, -0.15) is 0 Å². The third-order valence-corrected chi connectivity index (χ3v) is 9.28. The number of hydrogen-bond acceptors (Lipinski definition) is 0. The lowest BCUT2D eigenvalue weighted by molar-refractivity contribution is 0.768. The van der Waals surface area contributed by atoms with E-state index in [1.165, 1.54) is 71.6 Å². The molecule has 0 amide bonds. The number of rotatable bonds is 3. The van der Waals surface area contributed by atoms with Crippen molar-refractivity contribution in [2.45, 2.75) is 5.41 Å². The third kappa shape index (κ3) is 3.03. The molecule has 1 unspecified atom stereocenters. The van der Waals surface area contributed by atoms with Crippen molar-refractivity contribution in [1.82, 2.24) is 4.57 Å². The molecule has 1 nitrogen and oxygen atoms in total. The van der Waals surface area contributed by atoms with Gasteiger partial charge in [0.2, 0.25) is 0 Å². The summed E-state index contributed by atoms with van der Waals surface area (Å²) >= 11 is 0. The van der Waals surface area contributed by atoms with Crippen LogP contribution in [0.5, 0.6) is 0 Å². The van der Waals surface area contributed by atoms with E-state index in [9.17, 15) is 0 Å². The molecule has 0 N–H and O–H groups in total. The van der Waals surface area contributed by atoms with Crippen LogP contribution in [0, 0.1) is 0 Å². The summed E-state index contributed by atoms with van der Waals surface area (Å²) in [5.74, 6) is 0. The van der Waals surface area contributed by atoms with Crippen LogP contribution < -0.4 is 0 Å². The predicted octanol–water partition coefficient (Wildman–Crippen LogP) is 10.3. The van der Waals surface area contributed by atoms with Gasteiger partial charge in [-0.1, -0.05) is 140 Å². The number of para-hydroxylation sites is 2. The van der Waals surface area contributed by atoms with E-state index in [1.807, 2.05) is 0 Å². The summed E-state index contributed by atoms with van der Waals surface area (Å²) in [4.78, 5) is 0. The Labute approximate surface area is 244 Å². The molecule has 42 heavy (non-hydrogen) atoms. The minimum absolute atomic E-state index is 0.420. The van der Waals surface area contributed by atoms with Crippen molar-refractivity contribution in [3.63, 3.8) is 0 Å². The summed E-state index contributed by atoms with van der Waals surface area (Å²) in [6, 6.07) is 60.3. The van der Waals surface area contributed by atoms with E-state index >= 15 is 0 Å². The molecule has 1 aliphatic carbocycles. The smallest absolute Gasteiger partial charge is 0.0713 e. The second-order valence-corrected chi connectivity index (χ2v) is 11.3. The quantitative estimate of drug-likeness (QED) is 0.213. The first kappa shape index (κ1) is 23.3. The van der Waals surface area contributed by atoms with Crippen LogP contribution >= 0.6 is 0 Å². The Morgan fingerprint density at radius 3 is 1.69 bits per heavy atom. The Hall–Kier alpha value is -5.40. The van der Waals surface area contributed by atoms with Gasteiger partial charge in [0.1, 0.15) is 0 Å². The summed E-state index contributed by atoms with van der Waals surface area (Å²) < 4.78 is 2.40. The first-order chi connectivity index (χ1) is 20.9. The van der Waals surface area contributed by atoms with E-state index in [2.05, 4.69) is 168 Å². The molecule has 0 spiro atoms. The maximum atomic E-state index is 2.40. The maximum absolute atomic E-state index is 2.40. The molecule has 196 valence electrons. The fourth-order valence-corrected chi connectivity index (χ4v) is 7.59. The number of fused-ring (bicyclic) bond motifs is 8. The Bertz CT molecular complexity index is 2240. The molecule has 0 saturated heterocycles. The minimum atomic E-state index is -0.420. The summed E-state index contributed by atoms with van der Waals surface area (Å²) in [5.41, 5.74) is 11.1. The second-order valence-electron chi connectivity index (χ2n) is 11.3. The molecule has 1 aromatic heterocycles. The fraction of sp³-hybridized carbons (Fsp3) is 0.0244. The van der Waals surface area contributed by atoms with Crippen LogP contribution in [0.3, 0.4) is 0 Å². The Balaban J connectivity index is 1.34. The highest BCUT2D eigenvalue weighted by Gasteiger charge is 2.46. The molecule has 8 aromatic rings. The lowest BCUT2D eigenvalue weighted by atomic mass is 9.67. The Kier molecular flexibility index (Phi) is 4.88. The highest BCUT2D eigenvalue weighted by Crippen LogP contribution is 2.57. The summed E-state index contributed by atoms with van der Waals surface area (Å²) in [5, 5.41) is 5.14. The van der Waals surface area contributed by atoms with Gasteiger partial charge in [-0.05, 0) is 68.4 Å².